The van der Waals surface area contributed by atoms with Crippen molar-refractivity contribution in [1.29, 1.82) is 0 Å². The van der Waals surface area contributed by atoms with Crippen LogP contribution in [-0.2, 0) is 0 Å². The van der Waals surface area contributed by atoms with Crippen molar-refractivity contribution in [1.82, 2.24) is 10.2 Å². The van der Waals surface area contributed by atoms with Crippen molar-refractivity contribution >= 4 is 5.96 Å². The molecule has 0 spiro atoms. The minimum Gasteiger partial charge on any atom is -0.486 e. The van der Waals surface area contributed by atoms with Gasteiger partial charge in [-0.15, -0.1) is 0 Å². The van der Waals surface area contributed by atoms with E-state index in [4.69, 9.17) is 4.74 Å². The van der Waals surface area contributed by atoms with E-state index >= 15 is 0 Å². The fourth-order valence-corrected chi connectivity index (χ4v) is 2.75. The van der Waals surface area contributed by atoms with Crippen molar-refractivity contribution in [2.45, 2.75) is 32.8 Å². The molecule has 0 aromatic heterocycles. The van der Waals surface area contributed by atoms with Crippen LogP contribution in [0.4, 0.5) is 4.39 Å². The highest BCUT2D eigenvalue weighted by Crippen LogP contribution is 2.17. The lowest BCUT2D eigenvalue weighted by Crippen LogP contribution is -2.48. The number of nitrogens with one attached hydrogen (secondary N) is 1. The second kappa shape index (κ2) is 8.01. The Kier molecular flexibility index (Phi) is 6.04. The first-order valence-electron chi connectivity index (χ1n) is 7.97. The number of hydrogen-bond donors (Lipinski definition) is 1. The van der Waals surface area contributed by atoms with Gasteiger partial charge in [0.25, 0.3) is 0 Å². The fraction of sp³-hybridized carbons (Fsp3) is 0.588. The number of benzene rings is 1. The molecule has 2 rings (SSSR count). The first-order chi connectivity index (χ1) is 10.6. The molecule has 122 valence electrons. The Balaban J connectivity index is 1.84. The van der Waals surface area contributed by atoms with Gasteiger partial charge in [0.1, 0.15) is 6.10 Å². The first kappa shape index (κ1) is 16.6. The summed E-state index contributed by atoms with van der Waals surface area (Å²) in [5.41, 5.74) is 0. The number of guanidine groups is 1. The van der Waals surface area contributed by atoms with Gasteiger partial charge in [-0.2, -0.15) is 0 Å². The van der Waals surface area contributed by atoms with E-state index in [-0.39, 0.29) is 11.9 Å². The third kappa shape index (κ3) is 4.61. The number of nitrogens with zero attached hydrogens (tertiary/aromatic N) is 2. The number of halogens is 1. The fourth-order valence-electron chi connectivity index (χ4n) is 2.75. The Labute approximate surface area is 132 Å². The summed E-state index contributed by atoms with van der Waals surface area (Å²) in [6.45, 7) is 6.84. The average molecular weight is 307 g/mol. The summed E-state index contributed by atoms with van der Waals surface area (Å²) in [7, 11) is 1.80. The second-order valence-corrected chi connectivity index (χ2v) is 5.98. The summed E-state index contributed by atoms with van der Waals surface area (Å²) >= 11 is 0. The van der Waals surface area contributed by atoms with Gasteiger partial charge in [0.2, 0.25) is 0 Å². The predicted octanol–water partition coefficient (Wildman–Crippen LogP) is 2.90. The van der Waals surface area contributed by atoms with Crippen molar-refractivity contribution in [2.24, 2.45) is 10.9 Å². The third-order valence-electron chi connectivity index (χ3n) is 3.88. The van der Waals surface area contributed by atoms with E-state index in [0.29, 0.717) is 18.2 Å². The van der Waals surface area contributed by atoms with Crippen LogP contribution in [0.5, 0.6) is 5.75 Å². The van der Waals surface area contributed by atoms with E-state index < -0.39 is 0 Å². The maximum absolute atomic E-state index is 13.6. The standard InChI is InChI=1S/C17H26FN3O/c1-13-7-6-10-21(12-13)17(19-3)20-11-14(2)22-16-9-5-4-8-15(16)18/h4-5,8-9,13-14H,6-7,10-12H2,1-3H3,(H,19,20). The summed E-state index contributed by atoms with van der Waals surface area (Å²) in [6, 6.07) is 6.48. The van der Waals surface area contributed by atoms with Crippen LogP contribution in [0.1, 0.15) is 26.7 Å². The van der Waals surface area contributed by atoms with Gasteiger partial charge in [0.15, 0.2) is 17.5 Å². The highest BCUT2D eigenvalue weighted by Gasteiger charge is 2.19. The Morgan fingerprint density at radius 2 is 2.27 bits per heavy atom. The summed E-state index contributed by atoms with van der Waals surface area (Å²) in [4.78, 5) is 6.63. The van der Waals surface area contributed by atoms with E-state index in [0.717, 1.165) is 19.0 Å². The molecule has 1 fully saturated rings. The molecule has 0 aliphatic carbocycles. The van der Waals surface area contributed by atoms with Gasteiger partial charge in [-0.3, -0.25) is 4.99 Å². The zero-order chi connectivity index (χ0) is 15.9. The molecule has 1 saturated heterocycles. The number of likely N-dealkylation sites (tertiary alicyclic amines) is 1. The molecule has 2 atom stereocenters. The van der Waals surface area contributed by atoms with E-state index in [1.807, 2.05) is 6.92 Å². The SMILES string of the molecule is CN=C(NCC(C)Oc1ccccc1F)N1CCCC(C)C1. The Morgan fingerprint density at radius 1 is 1.50 bits per heavy atom. The van der Waals surface area contributed by atoms with Crippen LogP contribution in [0.25, 0.3) is 0 Å². The summed E-state index contributed by atoms with van der Waals surface area (Å²) in [5.74, 6) is 1.55. The molecule has 0 radical (unpaired) electrons. The summed E-state index contributed by atoms with van der Waals surface area (Å²) in [5, 5.41) is 3.33. The van der Waals surface area contributed by atoms with Crippen LogP contribution in [0, 0.1) is 11.7 Å². The maximum atomic E-state index is 13.6. The monoisotopic (exact) mass is 307 g/mol. The molecule has 5 heteroatoms. The zero-order valence-electron chi connectivity index (χ0n) is 13.7. The molecule has 1 aliphatic rings. The largest absolute Gasteiger partial charge is 0.486 e. The Hall–Kier alpha value is -1.78. The normalized spacial score (nSPS) is 20.6. The summed E-state index contributed by atoms with van der Waals surface area (Å²) in [6.07, 6.45) is 2.33. The molecule has 22 heavy (non-hydrogen) atoms. The van der Waals surface area contributed by atoms with Gasteiger partial charge in [-0.05, 0) is 37.8 Å². The van der Waals surface area contributed by atoms with Crippen molar-refractivity contribution < 1.29 is 9.13 Å². The van der Waals surface area contributed by atoms with Crippen LogP contribution >= 0.6 is 0 Å². The molecule has 1 aromatic rings. The Morgan fingerprint density at radius 3 is 2.95 bits per heavy atom. The minimum atomic E-state index is -0.330. The van der Waals surface area contributed by atoms with Gasteiger partial charge in [0.05, 0.1) is 6.54 Å². The van der Waals surface area contributed by atoms with Crippen LogP contribution in [0.3, 0.4) is 0 Å². The van der Waals surface area contributed by atoms with Crippen LogP contribution in [-0.4, -0.2) is 43.6 Å². The lowest BCUT2D eigenvalue weighted by Gasteiger charge is -2.33. The lowest BCUT2D eigenvalue weighted by molar-refractivity contribution is 0.209. The van der Waals surface area contributed by atoms with Gasteiger partial charge in [0, 0.05) is 20.1 Å². The van der Waals surface area contributed by atoms with Crippen LogP contribution in [0.2, 0.25) is 0 Å². The first-order valence-corrected chi connectivity index (χ1v) is 7.97. The van der Waals surface area contributed by atoms with E-state index in [2.05, 4.69) is 22.1 Å². The number of para-hydroxylation sites is 1. The molecule has 0 amide bonds. The predicted molar refractivity (Wildman–Crippen MR) is 87.8 cm³/mol. The van der Waals surface area contributed by atoms with Crippen molar-refractivity contribution in [3.05, 3.63) is 30.1 Å². The van der Waals surface area contributed by atoms with Crippen LogP contribution in [0.15, 0.2) is 29.3 Å². The Bertz CT molecular complexity index is 506. The highest BCUT2D eigenvalue weighted by molar-refractivity contribution is 5.80. The van der Waals surface area contributed by atoms with E-state index in [9.17, 15) is 4.39 Å². The zero-order valence-corrected chi connectivity index (χ0v) is 13.7. The van der Waals surface area contributed by atoms with E-state index in [1.54, 1.807) is 25.2 Å². The van der Waals surface area contributed by atoms with E-state index in [1.165, 1.54) is 18.9 Å². The molecule has 2 unspecified atom stereocenters. The van der Waals surface area contributed by atoms with Gasteiger partial charge >= 0.3 is 0 Å². The second-order valence-electron chi connectivity index (χ2n) is 5.98. The molecule has 1 aliphatic heterocycles. The van der Waals surface area contributed by atoms with Crippen molar-refractivity contribution in [3.8, 4) is 5.75 Å². The molecule has 1 heterocycles. The number of piperidine rings is 1. The molecular formula is C17H26FN3O. The number of hydrogen-bond acceptors (Lipinski definition) is 2. The smallest absolute Gasteiger partial charge is 0.193 e. The third-order valence-corrected chi connectivity index (χ3v) is 3.88. The molecule has 1 aromatic carbocycles. The van der Waals surface area contributed by atoms with Gasteiger partial charge < -0.3 is 15.0 Å². The highest BCUT2D eigenvalue weighted by atomic mass is 19.1. The number of aliphatic imine (C=N–C) groups is 1. The lowest BCUT2D eigenvalue weighted by atomic mass is 10.0. The molecule has 0 saturated carbocycles. The number of ether oxygens (including phenoxy) is 1. The molecular weight excluding hydrogens is 281 g/mol. The molecule has 0 bridgehead atoms. The van der Waals surface area contributed by atoms with Crippen molar-refractivity contribution in [3.63, 3.8) is 0 Å². The van der Waals surface area contributed by atoms with Crippen molar-refractivity contribution in [2.75, 3.05) is 26.7 Å². The molecule has 4 nitrogen and oxygen atoms in total. The maximum Gasteiger partial charge on any atom is 0.193 e. The van der Waals surface area contributed by atoms with Gasteiger partial charge in [-0.25, -0.2) is 4.39 Å². The van der Waals surface area contributed by atoms with Crippen LogP contribution < -0.4 is 10.1 Å². The minimum absolute atomic E-state index is 0.143. The summed E-state index contributed by atoms with van der Waals surface area (Å²) < 4.78 is 19.2. The number of rotatable bonds is 4. The van der Waals surface area contributed by atoms with Gasteiger partial charge in [-0.1, -0.05) is 19.1 Å². The molecule has 1 N–H and O–H groups in total. The quantitative estimate of drug-likeness (QED) is 0.686. The average Bonchev–Trinajstić information content (AvgIpc) is 2.50. The topological polar surface area (TPSA) is 36.9 Å².